The summed E-state index contributed by atoms with van der Waals surface area (Å²) in [7, 11) is 0. The van der Waals surface area contributed by atoms with Crippen molar-refractivity contribution in [3.05, 3.63) is 64.5 Å². The highest BCUT2D eigenvalue weighted by Gasteiger charge is 2.22. The number of rotatable bonds is 5. The fourth-order valence-electron chi connectivity index (χ4n) is 3.14. The quantitative estimate of drug-likeness (QED) is 0.662. The van der Waals surface area contributed by atoms with E-state index in [1.165, 1.54) is 23.5 Å². The van der Waals surface area contributed by atoms with Gasteiger partial charge in [0.2, 0.25) is 5.91 Å². The van der Waals surface area contributed by atoms with Gasteiger partial charge in [-0.05, 0) is 36.4 Å². The predicted molar refractivity (Wildman–Crippen MR) is 114 cm³/mol. The molecule has 1 fully saturated rings. The van der Waals surface area contributed by atoms with Crippen LogP contribution < -0.4 is 10.2 Å². The van der Waals surface area contributed by atoms with E-state index in [9.17, 15) is 9.18 Å². The van der Waals surface area contributed by atoms with Crippen LogP contribution in [0.15, 0.2) is 48.0 Å². The van der Waals surface area contributed by atoms with Crippen LogP contribution in [0.2, 0.25) is 5.02 Å². The molecule has 3 aromatic rings. The molecular formula is C20H19ClFN5OS. The van der Waals surface area contributed by atoms with Gasteiger partial charge in [0.05, 0.1) is 17.1 Å². The Balaban J connectivity index is 1.29. The maximum atomic E-state index is 13.1. The zero-order valence-electron chi connectivity index (χ0n) is 15.5. The zero-order valence-corrected chi connectivity index (χ0v) is 17.1. The van der Waals surface area contributed by atoms with Gasteiger partial charge in [-0.1, -0.05) is 11.6 Å². The first-order chi connectivity index (χ1) is 14.1. The number of halogens is 2. The molecule has 4 rings (SSSR count). The molecule has 1 saturated heterocycles. The standard InChI is InChI=1S/C20H19ClFN5OS/c21-14-1-6-18(23-12-14)25-20-24-16(13-29-20)11-19(28)27-9-7-26(8-10-27)17-4-2-15(22)3-5-17/h1-6,12-13H,7-11H2,(H,23,24,25). The van der Waals surface area contributed by atoms with Crippen LogP contribution in [0.1, 0.15) is 5.69 Å². The van der Waals surface area contributed by atoms with Crippen LogP contribution >= 0.6 is 22.9 Å². The summed E-state index contributed by atoms with van der Waals surface area (Å²) >= 11 is 7.27. The molecule has 1 aromatic carbocycles. The molecule has 9 heteroatoms. The van der Waals surface area contributed by atoms with Gasteiger partial charge < -0.3 is 15.1 Å². The Morgan fingerprint density at radius 2 is 1.90 bits per heavy atom. The number of amides is 1. The number of hydrogen-bond donors (Lipinski definition) is 1. The third-order valence-corrected chi connectivity index (χ3v) is 5.70. The Kier molecular flexibility index (Phi) is 5.92. The van der Waals surface area contributed by atoms with E-state index in [1.54, 1.807) is 30.5 Å². The number of thiazole rings is 1. The van der Waals surface area contributed by atoms with Crippen LogP contribution in [-0.2, 0) is 11.2 Å². The van der Waals surface area contributed by atoms with Crippen molar-refractivity contribution in [3.8, 4) is 0 Å². The van der Waals surface area contributed by atoms with Crippen molar-refractivity contribution in [2.24, 2.45) is 0 Å². The average Bonchev–Trinajstić information content (AvgIpc) is 3.17. The Hall–Kier alpha value is -2.71. The van der Waals surface area contributed by atoms with Crippen molar-refractivity contribution in [1.29, 1.82) is 0 Å². The summed E-state index contributed by atoms with van der Waals surface area (Å²) < 4.78 is 13.1. The molecule has 0 atom stereocenters. The fourth-order valence-corrected chi connectivity index (χ4v) is 3.97. The molecule has 0 bridgehead atoms. The van der Waals surface area contributed by atoms with E-state index in [4.69, 9.17) is 11.6 Å². The summed E-state index contributed by atoms with van der Waals surface area (Å²) in [6, 6.07) is 9.98. The smallest absolute Gasteiger partial charge is 0.228 e. The predicted octanol–water partition coefficient (Wildman–Crippen LogP) is 3.97. The van der Waals surface area contributed by atoms with Crippen LogP contribution in [-0.4, -0.2) is 47.0 Å². The van der Waals surface area contributed by atoms with E-state index in [-0.39, 0.29) is 18.1 Å². The monoisotopic (exact) mass is 431 g/mol. The number of aromatic nitrogens is 2. The third kappa shape index (κ3) is 5.02. The first-order valence-corrected chi connectivity index (χ1v) is 10.4. The highest BCUT2D eigenvalue weighted by atomic mass is 35.5. The molecule has 0 aliphatic carbocycles. The summed E-state index contributed by atoms with van der Waals surface area (Å²) in [5.41, 5.74) is 1.71. The van der Waals surface area contributed by atoms with Gasteiger partial charge in [0, 0.05) is 43.4 Å². The third-order valence-electron chi connectivity index (χ3n) is 4.67. The molecule has 0 unspecified atom stereocenters. The van der Waals surface area contributed by atoms with Crippen molar-refractivity contribution in [1.82, 2.24) is 14.9 Å². The second-order valence-corrected chi connectivity index (χ2v) is 7.95. The number of benzene rings is 1. The largest absolute Gasteiger partial charge is 0.368 e. The molecule has 1 aliphatic heterocycles. The molecule has 6 nitrogen and oxygen atoms in total. The van der Waals surface area contributed by atoms with Crippen molar-refractivity contribution in [3.63, 3.8) is 0 Å². The molecule has 3 heterocycles. The van der Waals surface area contributed by atoms with E-state index in [0.717, 1.165) is 24.5 Å². The van der Waals surface area contributed by atoms with Crippen molar-refractivity contribution < 1.29 is 9.18 Å². The second-order valence-electron chi connectivity index (χ2n) is 6.65. The summed E-state index contributed by atoms with van der Waals surface area (Å²) in [6.45, 7) is 2.73. The molecule has 150 valence electrons. The lowest BCUT2D eigenvalue weighted by atomic mass is 10.2. The van der Waals surface area contributed by atoms with Crippen LogP contribution in [0.3, 0.4) is 0 Å². The van der Waals surface area contributed by atoms with E-state index in [0.29, 0.717) is 29.1 Å². The molecule has 2 aromatic heterocycles. The molecule has 29 heavy (non-hydrogen) atoms. The number of carbonyl (C=O) groups excluding carboxylic acids is 1. The van der Waals surface area contributed by atoms with Crippen LogP contribution in [0.5, 0.6) is 0 Å². The van der Waals surface area contributed by atoms with Crippen molar-refractivity contribution >= 4 is 45.5 Å². The van der Waals surface area contributed by atoms with Crippen LogP contribution in [0.25, 0.3) is 0 Å². The first-order valence-electron chi connectivity index (χ1n) is 9.18. The minimum Gasteiger partial charge on any atom is -0.368 e. The normalized spacial score (nSPS) is 14.1. The minimum absolute atomic E-state index is 0.0604. The highest BCUT2D eigenvalue weighted by Crippen LogP contribution is 2.22. The number of anilines is 3. The number of nitrogens with one attached hydrogen (secondary N) is 1. The Morgan fingerprint density at radius 1 is 1.14 bits per heavy atom. The molecule has 0 radical (unpaired) electrons. The van der Waals surface area contributed by atoms with Crippen LogP contribution in [0, 0.1) is 5.82 Å². The van der Waals surface area contributed by atoms with Crippen molar-refractivity contribution in [2.45, 2.75) is 6.42 Å². The lowest BCUT2D eigenvalue weighted by Gasteiger charge is -2.36. The van der Waals surface area contributed by atoms with Gasteiger partial charge in [-0.3, -0.25) is 4.79 Å². The average molecular weight is 432 g/mol. The lowest BCUT2D eigenvalue weighted by Crippen LogP contribution is -2.49. The number of carbonyl (C=O) groups is 1. The van der Waals surface area contributed by atoms with Gasteiger partial charge >= 0.3 is 0 Å². The van der Waals surface area contributed by atoms with Gasteiger partial charge in [-0.15, -0.1) is 11.3 Å². The second kappa shape index (κ2) is 8.75. The van der Waals surface area contributed by atoms with Gasteiger partial charge in [-0.25, -0.2) is 14.4 Å². The Labute approximate surface area is 177 Å². The molecule has 1 aliphatic rings. The van der Waals surface area contributed by atoms with E-state index < -0.39 is 0 Å². The van der Waals surface area contributed by atoms with Gasteiger partial charge in [0.25, 0.3) is 0 Å². The van der Waals surface area contributed by atoms with Crippen LogP contribution in [0.4, 0.5) is 21.0 Å². The number of piperazine rings is 1. The number of pyridine rings is 1. The van der Waals surface area contributed by atoms with Crippen molar-refractivity contribution in [2.75, 3.05) is 36.4 Å². The maximum Gasteiger partial charge on any atom is 0.228 e. The maximum absolute atomic E-state index is 13.1. The van der Waals surface area contributed by atoms with E-state index in [1.807, 2.05) is 10.3 Å². The Morgan fingerprint density at radius 3 is 2.59 bits per heavy atom. The van der Waals surface area contributed by atoms with E-state index in [2.05, 4.69) is 20.2 Å². The summed E-state index contributed by atoms with van der Waals surface area (Å²) in [6.07, 6.45) is 1.83. The number of hydrogen-bond acceptors (Lipinski definition) is 6. The SMILES string of the molecule is O=C(Cc1csc(Nc2ccc(Cl)cn2)n1)N1CCN(c2ccc(F)cc2)CC1. The molecule has 1 N–H and O–H groups in total. The van der Waals surface area contributed by atoms with Gasteiger partial charge in [0.1, 0.15) is 11.6 Å². The fraction of sp³-hybridized carbons (Fsp3) is 0.250. The van der Waals surface area contributed by atoms with E-state index >= 15 is 0 Å². The molecular weight excluding hydrogens is 413 g/mol. The van der Waals surface area contributed by atoms with Gasteiger partial charge in [-0.2, -0.15) is 0 Å². The summed E-state index contributed by atoms with van der Waals surface area (Å²) in [5.74, 6) is 0.468. The highest BCUT2D eigenvalue weighted by molar-refractivity contribution is 7.13. The molecule has 1 amide bonds. The molecule has 0 saturated carbocycles. The summed E-state index contributed by atoms with van der Waals surface area (Å²) in [5, 5.41) is 6.25. The first kappa shape index (κ1) is 19.6. The van der Waals surface area contributed by atoms with Gasteiger partial charge in [0.15, 0.2) is 5.13 Å². The molecule has 0 spiro atoms. The zero-order chi connectivity index (χ0) is 20.2. The Bertz CT molecular complexity index is 971. The number of nitrogens with zero attached hydrogens (tertiary/aromatic N) is 4. The minimum atomic E-state index is -0.244. The summed E-state index contributed by atoms with van der Waals surface area (Å²) in [4.78, 5) is 25.3. The lowest BCUT2D eigenvalue weighted by molar-refractivity contribution is -0.130. The topological polar surface area (TPSA) is 61.4 Å².